The van der Waals surface area contributed by atoms with Gasteiger partial charge in [0.15, 0.2) is 0 Å². The van der Waals surface area contributed by atoms with Gasteiger partial charge in [-0.1, -0.05) is 58.3 Å². The van der Waals surface area contributed by atoms with Gasteiger partial charge in [-0.3, -0.25) is 0 Å². The lowest BCUT2D eigenvalue weighted by molar-refractivity contribution is -0.959. The molecule has 0 bridgehead atoms. The summed E-state index contributed by atoms with van der Waals surface area (Å²) in [5, 5.41) is 0. The molecule has 0 rings (SSSR count). The van der Waals surface area contributed by atoms with E-state index in [0.29, 0.717) is 4.48 Å². The zero-order valence-corrected chi connectivity index (χ0v) is 16.8. The fourth-order valence-corrected chi connectivity index (χ4v) is 3.47. The Hall–Kier alpha value is 0.0700. The van der Waals surface area contributed by atoms with E-state index < -0.39 is 13.5 Å². The third kappa shape index (κ3) is 11.3. The molecule has 0 saturated heterocycles. The van der Waals surface area contributed by atoms with Gasteiger partial charge in [-0.25, -0.2) is 9.09 Å². The molecule has 23 heavy (non-hydrogen) atoms. The molecule has 0 atom stereocenters. The molecule has 0 aliphatic carbocycles. The van der Waals surface area contributed by atoms with Crippen molar-refractivity contribution in [3.8, 4) is 0 Å². The first-order valence-corrected chi connectivity index (χ1v) is 10.6. The van der Waals surface area contributed by atoms with E-state index in [9.17, 15) is 4.57 Å². The van der Waals surface area contributed by atoms with Crippen LogP contribution in [0.5, 0.6) is 0 Å². The quantitative estimate of drug-likeness (QED) is 0.203. The lowest BCUT2D eigenvalue weighted by Gasteiger charge is -2.43. The second kappa shape index (κ2) is 10.8. The van der Waals surface area contributed by atoms with Crippen LogP contribution in [0.3, 0.4) is 0 Å². The minimum atomic E-state index is -4.47. The van der Waals surface area contributed by atoms with Crippen LogP contribution in [0, 0.1) is 0 Å². The van der Waals surface area contributed by atoms with E-state index in [1.54, 1.807) is 13.8 Å². The number of unbranched alkanes of at least 4 members (excludes halogenated alkanes) is 9. The van der Waals surface area contributed by atoms with Crippen molar-refractivity contribution in [3.63, 3.8) is 0 Å². The Bertz CT molecular complexity index is 353. The Balaban J connectivity index is 3.83. The summed E-state index contributed by atoms with van der Waals surface area (Å²) in [5.74, 6) is 0. The summed E-state index contributed by atoms with van der Waals surface area (Å²) < 4.78 is 16.5. The van der Waals surface area contributed by atoms with Crippen LogP contribution >= 0.6 is 7.82 Å². The maximum Gasteiger partial charge on any atom is 0.474 e. The van der Waals surface area contributed by atoms with Crippen LogP contribution in [0.1, 0.15) is 85.0 Å². The van der Waals surface area contributed by atoms with Gasteiger partial charge < -0.3 is 14.3 Å². The molecule has 0 aliphatic heterocycles. The van der Waals surface area contributed by atoms with Crippen LogP contribution in [-0.4, -0.2) is 40.6 Å². The minimum absolute atomic E-state index is 0.440. The zero-order valence-electron chi connectivity index (χ0n) is 15.9. The Morgan fingerprint density at radius 3 is 1.65 bits per heavy atom. The molecular formula is C17H39NO4P+. The Morgan fingerprint density at radius 1 is 0.870 bits per heavy atom. The summed E-state index contributed by atoms with van der Waals surface area (Å²) in [6, 6.07) is 0. The first kappa shape index (κ1) is 23.1. The van der Waals surface area contributed by atoms with Crippen LogP contribution in [-0.2, 0) is 9.09 Å². The van der Waals surface area contributed by atoms with Crippen LogP contribution < -0.4 is 0 Å². The van der Waals surface area contributed by atoms with Gasteiger partial charge in [0.05, 0.1) is 20.6 Å². The maximum absolute atomic E-state index is 11.1. The summed E-state index contributed by atoms with van der Waals surface area (Å²) in [7, 11) is -0.542. The van der Waals surface area contributed by atoms with Gasteiger partial charge in [0.2, 0.25) is 5.72 Å². The smallest absolute Gasteiger partial charge is 0.303 e. The van der Waals surface area contributed by atoms with Gasteiger partial charge in [0.1, 0.15) is 0 Å². The summed E-state index contributed by atoms with van der Waals surface area (Å²) in [6.07, 6.45) is 12.8. The van der Waals surface area contributed by atoms with Crippen LogP contribution in [0.15, 0.2) is 0 Å². The summed E-state index contributed by atoms with van der Waals surface area (Å²) >= 11 is 0. The first-order valence-electron chi connectivity index (χ1n) is 9.11. The van der Waals surface area contributed by atoms with Crippen LogP contribution in [0.25, 0.3) is 0 Å². The topological polar surface area (TPSA) is 66.8 Å². The fraction of sp³-hybridized carbons (Fsp3) is 1.00. The number of nitrogens with zero attached hydrogens (tertiary/aromatic N) is 1. The summed E-state index contributed by atoms with van der Waals surface area (Å²) in [6.45, 7) is 6.57. The van der Waals surface area contributed by atoms with Gasteiger partial charge >= 0.3 is 7.82 Å². The predicted molar refractivity (Wildman–Crippen MR) is 96.0 cm³/mol. The molecule has 0 unspecified atom stereocenters. The molecule has 0 aromatic heterocycles. The molecule has 0 heterocycles. The van der Waals surface area contributed by atoms with Crippen molar-refractivity contribution >= 4 is 7.82 Å². The van der Waals surface area contributed by atoms with E-state index in [1.165, 1.54) is 57.8 Å². The van der Waals surface area contributed by atoms with E-state index in [2.05, 4.69) is 6.92 Å². The molecule has 0 saturated carbocycles. The van der Waals surface area contributed by atoms with Crippen molar-refractivity contribution in [3.05, 3.63) is 0 Å². The number of phosphoric acid groups is 1. The lowest BCUT2D eigenvalue weighted by Crippen LogP contribution is -2.57. The van der Waals surface area contributed by atoms with Crippen molar-refractivity contribution in [1.29, 1.82) is 0 Å². The molecule has 5 nitrogen and oxygen atoms in total. The summed E-state index contributed by atoms with van der Waals surface area (Å²) in [5.41, 5.74) is -0.904. The highest BCUT2D eigenvalue weighted by Gasteiger charge is 2.42. The van der Waals surface area contributed by atoms with Gasteiger partial charge in [-0.15, -0.1) is 0 Å². The molecule has 0 aromatic rings. The highest BCUT2D eigenvalue weighted by molar-refractivity contribution is 7.46. The van der Waals surface area contributed by atoms with Crippen molar-refractivity contribution in [2.24, 2.45) is 0 Å². The largest absolute Gasteiger partial charge is 0.474 e. The van der Waals surface area contributed by atoms with Crippen LogP contribution in [0.4, 0.5) is 0 Å². The number of phosphoric ester groups is 1. The Morgan fingerprint density at radius 2 is 1.26 bits per heavy atom. The van der Waals surface area contributed by atoms with Crippen molar-refractivity contribution in [2.75, 3.05) is 20.6 Å². The third-order valence-corrected chi connectivity index (χ3v) is 5.56. The lowest BCUT2D eigenvalue weighted by atomic mass is 10.1. The molecule has 0 fully saturated rings. The van der Waals surface area contributed by atoms with Crippen LogP contribution in [0.2, 0.25) is 0 Å². The Kier molecular flexibility index (Phi) is 10.9. The molecule has 140 valence electrons. The standard InChI is InChI=1S/C17H38NO4P/c1-6-7-8-9-10-11-12-13-14-15-16-18(4,5)17(2,3)22-23(19,20)21/h6-16H2,1-5H3,(H-,19,20,21)/p+1. The van der Waals surface area contributed by atoms with Gasteiger partial charge in [-0.2, -0.15) is 0 Å². The van der Waals surface area contributed by atoms with E-state index >= 15 is 0 Å². The molecule has 0 aliphatic rings. The average Bonchev–Trinajstić information content (AvgIpc) is 2.38. The maximum atomic E-state index is 11.1. The predicted octanol–water partition coefficient (Wildman–Crippen LogP) is 4.83. The van der Waals surface area contributed by atoms with Gasteiger partial charge in [-0.05, 0) is 12.8 Å². The van der Waals surface area contributed by atoms with E-state index in [4.69, 9.17) is 14.3 Å². The highest BCUT2D eigenvalue weighted by Crippen LogP contribution is 2.43. The summed E-state index contributed by atoms with van der Waals surface area (Å²) in [4.78, 5) is 18.1. The zero-order chi connectivity index (χ0) is 18.0. The minimum Gasteiger partial charge on any atom is -0.303 e. The molecule has 2 N–H and O–H groups in total. The van der Waals surface area contributed by atoms with E-state index in [1.807, 2.05) is 14.1 Å². The number of rotatable bonds is 14. The molecule has 0 spiro atoms. The van der Waals surface area contributed by atoms with Crippen molar-refractivity contribution in [1.82, 2.24) is 0 Å². The molecular weight excluding hydrogens is 313 g/mol. The molecule has 6 heteroatoms. The Labute approximate surface area is 143 Å². The van der Waals surface area contributed by atoms with Gasteiger partial charge in [0.25, 0.3) is 0 Å². The van der Waals surface area contributed by atoms with Gasteiger partial charge in [0, 0.05) is 13.8 Å². The number of hydrogen-bond acceptors (Lipinski definition) is 2. The normalized spacial score (nSPS) is 13.5. The van der Waals surface area contributed by atoms with Crippen molar-refractivity contribution in [2.45, 2.75) is 90.7 Å². The first-order chi connectivity index (χ1) is 10.5. The molecule has 0 aromatic carbocycles. The second-order valence-electron chi connectivity index (χ2n) is 7.62. The molecule has 0 amide bonds. The highest BCUT2D eigenvalue weighted by atomic mass is 31.2. The SMILES string of the molecule is CCCCCCCCCCCC[N+](C)(C)C(C)(C)OP(=O)(O)O. The van der Waals surface area contributed by atoms with E-state index in [-0.39, 0.29) is 0 Å². The number of hydrogen-bond donors (Lipinski definition) is 2. The second-order valence-corrected chi connectivity index (χ2v) is 8.78. The molecule has 0 radical (unpaired) electrons. The van der Waals surface area contributed by atoms with Crippen molar-refractivity contribution < 1.29 is 23.4 Å². The number of quaternary nitrogens is 1. The van der Waals surface area contributed by atoms with E-state index in [0.717, 1.165) is 13.0 Å². The average molecular weight is 352 g/mol. The fourth-order valence-electron chi connectivity index (χ4n) is 2.67. The third-order valence-electron chi connectivity index (χ3n) is 4.87. The monoisotopic (exact) mass is 352 g/mol.